The summed E-state index contributed by atoms with van der Waals surface area (Å²) in [5.41, 5.74) is 1.16. The maximum Gasteiger partial charge on any atom is 0.388 e. The molecule has 0 bridgehead atoms. The van der Waals surface area contributed by atoms with Crippen molar-refractivity contribution in [3.05, 3.63) is 47.5 Å². The van der Waals surface area contributed by atoms with Crippen molar-refractivity contribution in [2.75, 3.05) is 0 Å². The van der Waals surface area contributed by atoms with Gasteiger partial charge in [-0.25, -0.2) is 4.57 Å². The minimum absolute atomic E-state index is 0.117. The van der Waals surface area contributed by atoms with Gasteiger partial charge in [-0.1, -0.05) is 19.1 Å². The molecule has 6 nitrogen and oxygen atoms in total. The molecule has 0 fully saturated rings. The second kappa shape index (κ2) is 6.84. The molecule has 124 valence electrons. The highest BCUT2D eigenvalue weighted by molar-refractivity contribution is 8.54. The van der Waals surface area contributed by atoms with E-state index in [9.17, 15) is 19.9 Å². The monoisotopic (exact) mass is 356 g/mol. The highest BCUT2D eigenvalue weighted by atomic mass is 32.7. The van der Waals surface area contributed by atoms with Gasteiger partial charge in [0.1, 0.15) is 17.2 Å². The predicted molar refractivity (Wildman–Crippen MR) is 87.9 cm³/mol. The van der Waals surface area contributed by atoms with Crippen molar-refractivity contribution in [3.63, 3.8) is 0 Å². The molecule has 0 saturated heterocycles. The van der Waals surface area contributed by atoms with Gasteiger partial charge in [-0.2, -0.15) is 0 Å². The van der Waals surface area contributed by atoms with Gasteiger partial charge in [0.2, 0.25) is 0 Å². The number of hydrogen-bond donors (Lipinski definition) is 5. The molecule has 1 unspecified atom stereocenters. The van der Waals surface area contributed by atoms with Crippen molar-refractivity contribution >= 4 is 18.2 Å². The summed E-state index contributed by atoms with van der Waals surface area (Å²) in [6, 6.07) is 9.00. The molecule has 0 heterocycles. The molecule has 1 atom stereocenters. The fraction of sp³-hybridized carbons (Fsp3) is 0.200. The number of phenolic OH excluding ortho intramolecular Hbond substituents is 3. The van der Waals surface area contributed by atoms with E-state index in [-0.39, 0.29) is 34.5 Å². The molecule has 2 aromatic rings. The van der Waals surface area contributed by atoms with Crippen molar-refractivity contribution in [2.24, 2.45) is 0 Å². The van der Waals surface area contributed by atoms with Crippen LogP contribution in [-0.2, 0) is 11.0 Å². The number of benzene rings is 2. The van der Waals surface area contributed by atoms with Gasteiger partial charge in [0.05, 0.1) is 0 Å². The zero-order valence-corrected chi connectivity index (χ0v) is 14.0. The fourth-order valence-corrected chi connectivity index (χ4v) is 4.27. The quantitative estimate of drug-likeness (QED) is 0.521. The van der Waals surface area contributed by atoms with Crippen LogP contribution in [0, 0.1) is 0 Å². The number of rotatable bonds is 5. The lowest BCUT2D eigenvalue weighted by atomic mass is 9.93. The van der Waals surface area contributed by atoms with E-state index >= 15 is 0 Å². The number of phenols is 3. The first-order chi connectivity index (χ1) is 10.7. The molecule has 8 heteroatoms. The largest absolute Gasteiger partial charge is 0.508 e. The topological polar surface area (TPSA) is 118 Å². The Morgan fingerprint density at radius 2 is 1.78 bits per heavy atom. The van der Waals surface area contributed by atoms with Gasteiger partial charge < -0.3 is 25.1 Å². The minimum atomic E-state index is -4.42. The van der Waals surface area contributed by atoms with Gasteiger partial charge in [-0.15, -0.1) is 0 Å². The lowest BCUT2D eigenvalue weighted by molar-refractivity contribution is 0.397. The Bertz CT molecular complexity index is 758. The van der Waals surface area contributed by atoms with E-state index in [2.05, 4.69) is 0 Å². The number of hydrogen-bond acceptors (Lipinski definition) is 5. The van der Waals surface area contributed by atoms with E-state index in [1.807, 2.05) is 13.0 Å². The smallest absolute Gasteiger partial charge is 0.388 e. The van der Waals surface area contributed by atoms with Crippen LogP contribution in [0.25, 0.3) is 0 Å². The lowest BCUT2D eigenvalue weighted by Crippen LogP contribution is -2.00. The molecule has 2 aromatic carbocycles. The first-order valence-corrected chi connectivity index (χ1v) is 9.78. The van der Waals surface area contributed by atoms with Crippen LogP contribution in [0.15, 0.2) is 41.3 Å². The summed E-state index contributed by atoms with van der Waals surface area (Å²) in [6.07, 6.45) is 0.290. The van der Waals surface area contributed by atoms with E-state index in [1.54, 1.807) is 18.2 Å². The summed E-state index contributed by atoms with van der Waals surface area (Å²) in [7, 11) is 0. The van der Waals surface area contributed by atoms with Crippen molar-refractivity contribution in [1.82, 2.24) is 0 Å². The van der Waals surface area contributed by atoms with Gasteiger partial charge >= 0.3 is 6.80 Å². The summed E-state index contributed by atoms with van der Waals surface area (Å²) in [5.74, 6) is -0.497. The molecule has 0 amide bonds. The van der Waals surface area contributed by atoms with Crippen LogP contribution in [0.2, 0.25) is 0 Å². The minimum Gasteiger partial charge on any atom is -0.508 e. The van der Waals surface area contributed by atoms with Crippen LogP contribution >= 0.6 is 18.2 Å². The molecular weight excluding hydrogens is 339 g/mol. The van der Waals surface area contributed by atoms with E-state index in [0.29, 0.717) is 16.9 Å². The molecule has 2 rings (SSSR count). The molecule has 0 spiro atoms. The Hall–Kier alpha value is -1.66. The van der Waals surface area contributed by atoms with Gasteiger partial charge in [-0.05, 0) is 47.5 Å². The van der Waals surface area contributed by atoms with Crippen LogP contribution in [-0.4, -0.2) is 25.1 Å². The Balaban J connectivity index is 2.36. The molecule has 5 N–H and O–H groups in total. The van der Waals surface area contributed by atoms with E-state index < -0.39 is 6.80 Å². The van der Waals surface area contributed by atoms with Crippen LogP contribution < -0.4 is 0 Å². The van der Waals surface area contributed by atoms with E-state index in [0.717, 1.165) is 11.6 Å². The van der Waals surface area contributed by atoms with Crippen molar-refractivity contribution in [1.29, 1.82) is 0 Å². The third-order valence-electron chi connectivity index (χ3n) is 3.34. The molecule has 0 aliphatic heterocycles. The normalized spacial score (nSPS) is 13.0. The highest BCUT2D eigenvalue weighted by Gasteiger charge is 2.22. The highest BCUT2D eigenvalue weighted by Crippen LogP contribution is 2.57. The first kappa shape index (κ1) is 17.7. The molecule has 0 aromatic heterocycles. The predicted octanol–water partition coefficient (Wildman–Crippen LogP) is 3.33. The van der Waals surface area contributed by atoms with Crippen LogP contribution in [0.1, 0.15) is 24.0 Å². The zero-order valence-electron chi connectivity index (χ0n) is 12.2. The maximum atomic E-state index is 11.2. The molecule has 0 aliphatic rings. The third-order valence-corrected chi connectivity index (χ3v) is 5.44. The second-order valence-corrected chi connectivity index (χ2v) is 8.80. The van der Waals surface area contributed by atoms with E-state index in [1.165, 1.54) is 6.07 Å². The molecule has 0 aliphatic carbocycles. The first-order valence-electron chi connectivity index (χ1n) is 6.74. The second-order valence-electron chi connectivity index (χ2n) is 5.22. The zero-order chi connectivity index (χ0) is 17.2. The van der Waals surface area contributed by atoms with Gasteiger partial charge in [-0.3, -0.25) is 0 Å². The van der Waals surface area contributed by atoms with Crippen molar-refractivity contribution in [2.45, 2.75) is 24.2 Å². The Morgan fingerprint density at radius 3 is 2.39 bits per heavy atom. The summed E-state index contributed by atoms with van der Waals surface area (Å²) >= 11 is 0.293. The van der Waals surface area contributed by atoms with Gasteiger partial charge in [0, 0.05) is 16.5 Å². The maximum absolute atomic E-state index is 11.2. The van der Waals surface area contributed by atoms with Gasteiger partial charge in [0.15, 0.2) is 0 Å². The van der Waals surface area contributed by atoms with Crippen LogP contribution in [0.4, 0.5) is 0 Å². The standard InChI is InChI=1S/C15H17O6PS/c1-9(10-3-2-4-11(16)6-10)5-13-14(18)7-12(17)8-15(13)23-22(19,20)21/h2-4,6-9,16-18H,5H2,1H3,(H2,19,20,21). The summed E-state index contributed by atoms with van der Waals surface area (Å²) in [6.45, 7) is -2.55. The third kappa shape index (κ3) is 4.91. The summed E-state index contributed by atoms with van der Waals surface area (Å²) < 4.78 is 11.2. The average molecular weight is 356 g/mol. The number of aromatic hydroxyl groups is 3. The lowest BCUT2D eigenvalue weighted by Gasteiger charge is -2.17. The SMILES string of the molecule is CC(Cc1c(O)cc(O)cc1SP(=O)(O)O)c1cccc(O)c1. The Kier molecular flexibility index (Phi) is 5.26. The van der Waals surface area contributed by atoms with Gasteiger partial charge in [0.25, 0.3) is 0 Å². The summed E-state index contributed by atoms with van der Waals surface area (Å²) in [4.78, 5) is 18.4. The Morgan fingerprint density at radius 1 is 1.09 bits per heavy atom. The van der Waals surface area contributed by atoms with Crippen LogP contribution in [0.3, 0.4) is 0 Å². The molecule has 0 radical (unpaired) electrons. The van der Waals surface area contributed by atoms with Crippen molar-refractivity contribution in [3.8, 4) is 17.2 Å². The van der Waals surface area contributed by atoms with E-state index in [4.69, 9.17) is 9.79 Å². The molecular formula is C15H17O6PS. The van der Waals surface area contributed by atoms with Crippen LogP contribution in [0.5, 0.6) is 17.2 Å². The summed E-state index contributed by atoms with van der Waals surface area (Å²) in [5, 5.41) is 29.1. The van der Waals surface area contributed by atoms with Crippen molar-refractivity contribution < 1.29 is 29.7 Å². The molecule has 23 heavy (non-hydrogen) atoms. The molecule has 0 saturated carbocycles. The Labute approximate surface area is 137 Å². The fourth-order valence-electron chi connectivity index (χ4n) is 2.29. The average Bonchev–Trinajstić information content (AvgIpc) is 2.40.